The van der Waals surface area contributed by atoms with E-state index >= 15 is 0 Å². The number of carbonyl (C=O) groups excluding carboxylic acids is 1. The highest BCUT2D eigenvalue weighted by Gasteiger charge is 2.31. The molecule has 0 N–H and O–H groups in total. The zero-order valence-electron chi connectivity index (χ0n) is 16.0. The SMILES string of the molecule is CC(C)N(Cc1nnc(-c2ccccc2Cl)o1)C(=O)c1ccc(OC(F)(F)F)cc1. The Morgan fingerprint density at radius 3 is 2.40 bits per heavy atom. The van der Waals surface area contributed by atoms with Crippen molar-refractivity contribution in [2.24, 2.45) is 0 Å². The third-order valence-electron chi connectivity index (χ3n) is 4.10. The molecule has 0 unspecified atom stereocenters. The predicted molar refractivity (Wildman–Crippen MR) is 103 cm³/mol. The molecule has 10 heteroatoms. The zero-order valence-corrected chi connectivity index (χ0v) is 16.7. The van der Waals surface area contributed by atoms with Crippen molar-refractivity contribution in [2.75, 3.05) is 0 Å². The normalized spacial score (nSPS) is 11.6. The molecule has 0 aliphatic rings. The van der Waals surface area contributed by atoms with E-state index in [2.05, 4.69) is 14.9 Å². The van der Waals surface area contributed by atoms with E-state index in [4.69, 9.17) is 16.0 Å². The van der Waals surface area contributed by atoms with Gasteiger partial charge in [0.1, 0.15) is 5.75 Å². The molecule has 0 spiro atoms. The van der Waals surface area contributed by atoms with Crippen LogP contribution in [0.4, 0.5) is 13.2 Å². The molecular weight excluding hydrogens is 423 g/mol. The van der Waals surface area contributed by atoms with Gasteiger partial charge in [0.15, 0.2) is 0 Å². The lowest BCUT2D eigenvalue weighted by Gasteiger charge is -2.25. The van der Waals surface area contributed by atoms with E-state index in [0.29, 0.717) is 10.6 Å². The van der Waals surface area contributed by atoms with E-state index in [1.807, 2.05) is 0 Å². The monoisotopic (exact) mass is 439 g/mol. The summed E-state index contributed by atoms with van der Waals surface area (Å²) in [4.78, 5) is 14.3. The van der Waals surface area contributed by atoms with Crippen molar-refractivity contribution in [3.63, 3.8) is 0 Å². The van der Waals surface area contributed by atoms with Crippen LogP contribution in [-0.2, 0) is 6.54 Å². The van der Waals surface area contributed by atoms with Gasteiger partial charge < -0.3 is 14.1 Å². The topological polar surface area (TPSA) is 68.5 Å². The highest BCUT2D eigenvalue weighted by molar-refractivity contribution is 6.33. The van der Waals surface area contributed by atoms with E-state index in [1.165, 1.54) is 17.0 Å². The molecule has 3 rings (SSSR count). The van der Waals surface area contributed by atoms with Gasteiger partial charge in [0.2, 0.25) is 11.8 Å². The first kappa shape index (κ1) is 21.6. The molecule has 0 saturated carbocycles. The molecule has 0 bridgehead atoms. The van der Waals surface area contributed by atoms with Crippen LogP contribution in [-0.4, -0.2) is 33.4 Å². The largest absolute Gasteiger partial charge is 0.573 e. The molecule has 0 saturated heterocycles. The molecule has 0 atom stereocenters. The van der Waals surface area contributed by atoms with E-state index in [-0.39, 0.29) is 29.9 Å². The van der Waals surface area contributed by atoms with Crippen LogP contribution in [0.25, 0.3) is 11.5 Å². The molecule has 1 heterocycles. The van der Waals surface area contributed by atoms with Gasteiger partial charge in [-0.25, -0.2) is 0 Å². The summed E-state index contributed by atoms with van der Waals surface area (Å²) in [5.74, 6) is -0.387. The van der Waals surface area contributed by atoms with Crippen LogP contribution < -0.4 is 4.74 Å². The van der Waals surface area contributed by atoms with Gasteiger partial charge in [-0.15, -0.1) is 23.4 Å². The molecule has 0 fully saturated rings. The van der Waals surface area contributed by atoms with E-state index in [1.54, 1.807) is 38.1 Å². The second kappa shape index (κ2) is 8.74. The zero-order chi connectivity index (χ0) is 21.9. The number of amides is 1. The summed E-state index contributed by atoms with van der Waals surface area (Å²) in [5.41, 5.74) is 0.768. The van der Waals surface area contributed by atoms with E-state index in [9.17, 15) is 18.0 Å². The summed E-state index contributed by atoms with van der Waals surface area (Å²) in [7, 11) is 0. The van der Waals surface area contributed by atoms with E-state index < -0.39 is 18.0 Å². The van der Waals surface area contributed by atoms with Crippen molar-refractivity contribution in [3.8, 4) is 17.2 Å². The average Bonchev–Trinajstić information content (AvgIpc) is 3.13. The highest BCUT2D eigenvalue weighted by Crippen LogP contribution is 2.27. The van der Waals surface area contributed by atoms with Crippen molar-refractivity contribution in [2.45, 2.75) is 32.8 Å². The second-order valence-corrected chi connectivity index (χ2v) is 6.99. The molecule has 158 valence electrons. The Morgan fingerprint density at radius 1 is 1.13 bits per heavy atom. The van der Waals surface area contributed by atoms with Crippen molar-refractivity contribution in [3.05, 3.63) is 65.0 Å². The minimum atomic E-state index is -4.80. The molecule has 6 nitrogen and oxygen atoms in total. The summed E-state index contributed by atoms with van der Waals surface area (Å²) < 4.78 is 46.4. The van der Waals surface area contributed by atoms with Crippen molar-refractivity contribution in [1.29, 1.82) is 0 Å². The van der Waals surface area contributed by atoms with Crippen LogP contribution in [0.5, 0.6) is 5.75 Å². The molecule has 30 heavy (non-hydrogen) atoms. The van der Waals surface area contributed by atoms with Gasteiger partial charge in [0.25, 0.3) is 5.91 Å². The number of carbonyl (C=O) groups is 1. The van der Waals surface area contributed by atoms with Crippen LogP contribution in [0.2, 0.25) is 5.02 Å². The van der Waals surface area contributed by atoms with Gasteiger partial charge >= 0.3 is 6.36 Å². The first-order valence-electron chi connectivity index (χ1n) is 8.88. The standard InChI is InChI=1S/C20H17ClF3N3O3/c1-12(2)27(19(28)13-7-9-14(10-8-13)30-20(22,23)24)11-17-25-26-18(29-17)15-5-3-4-6-16(15)21/h3-10,12H,11H2,1-2H3. The lowest BCUT2D eigenvalue weighted by atomic mass is 10.1. The molecule has 2 aromatic carbocycles. The predicted octanol–water partition coefficient (Wildman–Crippen LogP) is 5.34. The fourth-order valence-electron chi connectivity index (χ4n) is 2.66. The minimum Gasteiger partial charge on any atom is -0.419 e. The smallest absolute Gasteiger partial charge is 0.419 e. The van der Waals surface area contributed by atoms with Crippen LogP contribution in [0, 0.1) is 0 Å². The van der Waals surface area contributed by atoms with Gasteiger partial charge in [0, 0.05) is 11.6 Å². The summed E-state index contributed by atoms with van der Waals surface area (Å²) in [5, 5.41) is 8.40. The average molecular weight is 440 g/mol. The molecule has 3 aromatic rings. The van der Waals surface area contributed by atoms with Crippen molar-refractivity contribution < 1.29 is 27.1 Å². The number of hydrogen-bond donors (Lipinski definition) is 0. The van der Waals surface area contributed by atoms with Crippen LogP contribution in [0.1, 0.15) is 30.1 Å². The third-order valence-corrected chi connectivity index (χ3v) is 4.43. The maximum atomic E-state index is 12.9. The van der Waals surface area contributed by atoms with Crippen molar-refractivity contribution in [1.82, 2.24) is 15.1 Å². The Balaban J connectivity index is 1.76. The van der Waals surface area contributed by atoms with Crippen LogP contribution in [0.3, 0.4) is 0 Å². The fourth-order valence-corrected chi connectivity index (χ4v) is 2.88. The second-order valence-electron chi connectivity index (χ2n) is 6.58. The molecular formula is C20H17ClF3N3O3. The Kier molecular flexibility index (Phi) is 6.31. The van der Waals surface area contributed by atoms with Crippen molar-refractivity contribution >= 4 is 17.5 Å². The summed E-state index contributed by atoms with van der Waals surface area (Å²) in [6.45, 7) is 3.61. The number of nitrogens with zero attached hydrogens (tertiary/aromatic N) is 3. The van der Waals surface area contributed by atoms with Gasteiger partial charge in [-0.2, -0.15) is 0 Å². The molecule has 0 radical (unpaired) electrons. The minimum absolute atomic E-state index is 0.0226. The van der Waals surface area contributed by atoms with E-state index in [0.717, 1.165) is 12.1 Å². The van der Waals surface area contributed by atoms with Crippen LogP contribution >= 0.6 is 11.6 Å². The first-order chi connectivity index (χ1) is 14.1. The van der Waals surface area contributed by atoms with Gasteiger partial charge in [-0.1, -0.05) is 23.7 Å². The number of alkyl halides is 3. The summed E-state index contributed by atoms with van der Waals surface area (Å²) in [6.07, 6.45) is -4.80. The Labute approximate surface area is 175 Å². The summed E-state index contributed by atoms with van der Waals surface area (Å²) >= 11 is 6.13. The molecule has 1 amide bonds. The third kappa shape index (κ3) is 5.29. The summed E-state index contributed by atoms with van der Waals surface area (Å²) in [6, 6.07) is 11.4. The quantitative estimate of drug-likeness (QED) is 0.518. The van der Waals surface area contributed by atoms with Crippen LogP contribution in [0.15, 0.2) is 52.9 Å². The fraction of sp³-hybridized carbons (Fsp3) is 0.250. The van der Waals surface area contributed by atoms with Gasteiger partial charge in [-0.3, -0.25) is 4.79 Å². The lowest BCUT2D eigenvalue weighted by molar-refractivity contribution is -0.274. The lowest BCUT2D eigenvalue weighted by Crippen LogP contribution is -2.36. The maximum Gasteiger partial charge on any atom is 0.573 e. The molecule has 1 aromatic heterocycles. The molecule has 0 aliphatic heterocycles. The van der Waals surface area contributed by atoms with Gasteiger partial charge in [0.05, 0.1) is 17.1 Å². The number of aromatic nitrogens is 2. The van der Waals surface area contributed by atoms with Gasteiger partial charge in [-0.05, 0) is 50.2 Å². The number of benzene rings is 2. The highest BCUT2D eigenvalue weighted by atomic mass is 35.5. The number of halogens is 4. The first-order valence-corrected chi connectivity index (χ1v) is 9.26. The molecule has 0 aliphatic carbocycles. The number of rotatable bonds is 6. The number of ether oxygens (including phenoxy) is 1. The Bertz CT molecular complexity index is 1020. The number of hydrogen-bond acceptors (Lipinski definition) is 5. The maximum absolute atomic E-state index is 12.9. The Hall–Kier alpha value is -3.07. The Morgan fingerprint density at radius 2 is 1.80 bits per heavy atom.